The van der Waals surface area contributed by atoms with E-state index in [4.69, 9.17) is 15.2 Å². The van der Waals surface area contributed by atoms with Gasteiger partial charge in [0.1, 0.15) is 0 Å². The molecule has 0 aromatic carbocycles. The first-order valence-electron chi connectivity index (χ1n) is 6.13. The fraction of sp³-hybridized carbons (Fsp3) is 0.750. The number of carboxylic acids is 1. The molecule has 0 atom stereocenters. The molecule has 0 heterocycles. The fourth-order valence-corrected chi connectivity index (χ4v) is 1.22. The summed E-state index contributed by atoms with van der Waals surface area (Å²) in [6.07, 6.45) is 2.39. The van der Waals surface area contributed by atoms with E-state index in [1.165, 1.54) is 5.06 Å². The van der Waals surface area contributed by atoms with Crippen molar-refractivity contribution in [2.45, 2.75) is 45.4 Å². The van der Waals surface area contributed by atoms with Crippen molar-refractivity contribution in [3.63, 3.8) is 0 Å². The molecule has 0 rings (SSSR count). The van der Waals surface area contributed by atoms with Gasteiger partial charge in [-0.3, -0.25) is 14.4 Å². The lowest BCUT2D eigenvalue weighted by Gasteiger charge is -2.21. The first-order valence-corrected chi connectivity index (χ1v) is 6.13. The van der Waals surface area contributed by atoms with Crippen LogP contribution in [-0.2, 0) is 14.4 Å². The van der Waals surface area contributed by atoms with E-state index in [1.807, 2.05) is 13.0 Å². The summed E-state index contributed by atoms with van der Waals surface area (Å²) in [5, 5.41) is 18.1. The highest BCUT2D eigenvalue weighted by Crippen LogP contribution is 2.04. The Hall–Kier alpha value is -1.61. The van der Waals surface area contributed by atoms with Gasteiger partial charge in [0.15, 0.2) is 0 Å². The van der Waals surface area contributed by atoms with Gasteiger partial charge in [0.2, 0.25) is 5.91 Å². The molecule has 0 aliphatic carbocycles. The van der Waals surface area contributed by atoms with Crippen LogP contribution in [0.2, 0.25) is 0 Å². The predicted octanol–water partition coefficient (Wildman–Crippen LogP) is 1.72. The molecule has 0 saturated heterocycles. The molecule has 6 heteroatoms. The lowest BCUT2D eigenvalue weighted by Crippen LogP contribution is -2.32. The summed E-state index contributed by atoms with van der Waals surface area (Å²) in [4.78, 5) is 27.4. The molecule has 0 radical (unpaired) electrons. The van der Waals surface area contributed by atoms with Crippen LogP contribution in [0.15, 0.2) is 0 Å². The smallest absolute Gasteiger partial charge is 0.303 e. The van der Waals surface area contributed by atoms with Crippen LogP contribution in [0.25, 0.3) is 0 Å². The van der Waals surface area contributed by atoms with Crippen molar-refractivity contribution in [1.29, 1.82) is 5.26 Å². The van der Waals surface area contributed by atoms with Crippen molar-refractivity contribution in [3.8, 4) is 6.07 Å². The van der Waals surface area contributed by atoms with Gasteiger partial charge in [0, 0.05) is 19.4 Å². The topological polar surface area (TPSA) is 90.6 Å². The van der Waals surface area contributed by atoms with E-state index >= 15 is 0 Å². The summed E-state index contributed by atoms with van der Waals surface area (Å²) in [5.41, 5.74) is 0. The van der Waals surface area contributed by atoms with Crippen LogP contribution in [0.5, 0.6) is 0 Å². The van der Waals surface area contributed by atoms with Crippen molar-refractivity contribution in [2.75, 3.05) is 13.2 Å². The average molecular weight is 256 g/mol. The minimum absolute atomic E-state index is 0.0754. The zero-order valence-corrected chi connectivity index (χ0v) is 10.7. The fourth-order valence-electron chi connectivity index (χ4n) is 1.22. The highest BCUT2D eigenvalue weighted by Gasteiger charge is 2.15. The van der Waals surface area contributed by atoms with Gasteiger partial charge in [0.25, 0.3) is 0 Å². The monoisotopic (exact) mass is 256 g/mol. The van der Waals surface area contributed by atoms with E-state index in [0.717, 1.165) is 12.8 Å². The van der Waals surface area contributed by atoms with Gasteiger partial charge in [-0.05, 0) is 12.8 Å². The van der Waals surface area contributed by atoms with Gasteiger partial charge >= 0.3 is 5.97 Å². The number of amides is 1. The number of hydrogen-bond donors (Lipinski definition) is 1. The Morgan fingerprint density at radius 2 is 2.06 bits per heavy atom. The molecular weight excluding hydrogens is 236 g/mol. The number of rotatable bonds is 10. The molecule has 6 nitrogen and oxygen atoms in total. The van der Waals surface area contributed by atoms with E-state index in [1.54, 1.807) is 0 Å². The van der Waals surface area contributed by atoms with Gasteiger partial charge in [-0.15, -0.1) is 0 Å². The van der Waals surface area contributed by atoms with E-state index < -0.39 is 5.97 Å². The molecule has 0 bridgehead atoms. The maximum absolute atomic E-state index is 11.7. The van der Waals surface area contributed by atoms with E-state index in [2.05, 4.69) is 0 Å². The summed E-state index contributed by atoms with van der Waals surface area (Å²) < 4.78 is 0. The summed E-state index contributed by atoms with van der Waals surface area (Å²) >= 11 is 0. The second-order valence-electron chi connectivity index (χ2n) is 3.84. The van der Waals surface area contributed by atoms with Crippen LogP contribution < -0.4 is 0 Å². The first-order chi connectivity index (χ1) is 8.61. The minimum atomic E-state index is -1.01. The molecule has 0 saturated carbocycles. The lowest BCUT2D eigenvalue weighted by atomic mass is 10.2. The standard InChI is InChI=1S/C12H20N2O4/c1-2-3-10-18-14(9-5-4-8-13)11(15)6-7-12(16)17/h2-7,9-10H2,1H3,(H,16,17). The number of nitriles is 1. The van der Waals surface area contributed by atoms with Crippen molar-refractivity contribution in [1.82, 2.24) is 5.06 Å². The third-order valence-corrected chi connectivity index (χ3v) is 2.23. The SMILES string of the molecule is CCCCON(CCCC#N)C(=O)CCC(=O)O. The number of carbonyl (C=O) groups excluding carboxylic acids is 1. The highest BCUT2D eigenvalue weighted by atomic mass is 16.7. The molecular formula is C12H20N2O4. The number of aliphatic carboxylic acids is 1. The van der Waals surface area contributed by atoms with Crippen LogP contribution in [0.1, 0.15) is 45.4 Å². The van der Waals surface area contributed by atoms with E-state index in [-0.39, 0.29) is 18.7 Å². The van der Waals surface area contributed by atoms with Crippen LogP contribution >= 0.6 is 0 Å². The summed E-state index contributed by atoms with van der Waals surface area (Å²) in [7, 11) is 0. The van der Waals surface area contributed by atoms with Gasteiger partial charge in [-0.2, -0.15) is 5.26 Å². The second-order valence-corrected chi connectivity index (χ2v) is 3.84. The third kappa shape index (κ3) is 8.53. The Balaban J connectivity index is 4.12. The number of carboxylic acid groups (broad SMARTS) is 1. The van der Waals surface area contributed by atoms with Crippen molar-refractivity contribution >= 4 is 11.9 Å². The number of unbranched alkanes of at least 4 members (excludes halogenated alkanes) is 2. The molecule has 0 aliphatic rings. The Labute approximate surface area is 107 Å². The molecule has 0 aromatic heterocycles. The van der Waals surface area contributed by atoms with Crippen LogP contribution in [0, 0.1) is 11.3 Å². The Bertz CT molecular complexity index is 299. The van der Waals surface area contributed by atoms with Gasteiger partial charge < -0.3 is 5.11 Å². The molecule has 1 amide bonds. The van der Waals surface area contributed by atoms with Gasteiger partial charge in [0.05, 0.1) is 19.1 Å². The maximum Gasteiger partial charge on any atom is 0.303 e. The van der Waals surface area contributed by atoms with Crippen LogP contribution in [0.3, 0.4) is 0 Å². The molecule has 0 spiro atoms. The predicted molar refractivity (Wildman–Crippen MR) is 64.3 cm³/mol. The summed E-state index contributed by atoms with van der Waals surface area (Å²) in [6, 6.07) is 1.99. The average Bonchev–Trinajstić information content (AvgIpc) is 2.34. The molecule has 1 N–H and O–H groups in total. The first kappa shape index (κ1) is 16.4. The van der Waals surface area contributed by atoms with Crippen molar-refractivity contribution in [2.24, 2.45) is 0 Å². The van der Waals surface area contributed by atoms with E-state index in [9.17, 15) is 9.59 Å². The molecule has 0 unspecified atom stereocenters. The van der Waals surface area contributed by atoms with Crippen LogP contribution in [-0.4, -0.2) is 35.2 Å². The Morgan fingerprint density at radius 1 is 1.33 bits per heavy atom. The third-order valence-electron chi connectivity index (χ3n) is 2.23. The highest BCUT2D eigenvalue weighted by molar-refractivity contribution is 5.79. The number of hydroxylamine groups is 2. The zero-order valence-electron chi connectivity index (χ0n) is 10.7. The molecule has 0 aliphatic heterocycles. The second kappa shape index (κ2) is 10.5. The Morgan fingerprint density at radius 3 is 2.61 bits per heavy atom. The Kier molecular flexibility index (Phi) is 9.60. The number of hydrogen-bond acceptors (Lipinski definition) is 4. The summed E-state index contributed by atoms with van der Waals surface area (Å²) in [5.74, 6) is -1.35. The molecule has 0 aromatic rings. The lowest BCUT2D eigenvalue weighted by molar-refractivity contribution is -0.187. The van der Waals surface area contributed by atoms with Gasteiger partial charge in [-0.1, -0.05) is 13.3 Å². The zero-order chi connectivity index (χ0) is 13.8. The quantitative estimate of drug-likeness (QED) is 0.474. The van der Waals surface area contributed by atoms with Crippen LogP contribution in [0.4, 0.5) is 0 Å². The minimum Gasteiger partial charge on any atom is -0.481 e. The normalized spacial score (nSPS) is 9.78. The molecule has 102 valence electrons. The van der Waals surface area contributed by atoms with Crippen molar-refractivity contribution in [3.05, 3.63) is 0 Å². The summed E-state index contributed by atoms with van der Waals surface area (Å²) in [6.45, 7) is 2.77. The maximum atomic E-state index is 11.7. The number of carbonyl (C=O) groups is 2. The number of nitrogens with zero attached hydrogens (tertiary/aromatic N) is 2. The largest absolute Gasteiger partial charge is 0.481 e. The van der Waals surface area contributed by atoms with Crippen molar-refractivity contribution < 1.29 is 19.5 Å². The van der Waals surface area contributed by atoms with E-state index in [0.29, 0.717) is 26.0 Å². The van der Waals surface area contributed by atoms with Gasteiger partial charge in [-0.25, -0.2) is 5.06 Å². The molecule has 0 fully saturated rings. The molecule has 18 heavy (non-hydrogen) atoms.